The van der Waals surface area contributed by atoms with Gasteiger partial charge in [-0.1, -0.05) is 20.8 Å². The van der Waals surface area contributed by atoms with Gasteiger partial charge >= 0.3 is 5.97 Å². The van der Waals surface area contributed by atoms with Crippen LogP contribution in [0.1, 0.15) is 33.6 Å². The second-order valence-electron chi connectivity index (χ2n) is 6.02. The van der Waals surface area contributed by atoms with Crippen LogP contribution in [0, 0.1) is 11.8 Å². The summed E-state index contributed by atoms with van der Waals surface area (Å²) in [6, 6.07) is 0. The molecule has 1 unspecified atom stereocenters. The van der Waals surface area contributed by atoms with Gasteiger partial charge in [-0.3, -0.25) is 9.59 Å². The third-order valence-corrected chi connectivity index (χ3v) is 3.07. The normalized spacial score (nSPS) is 12.6. The van der Waals surface area contributed by atoms with Crippen LogP contribution in [0.2, 0.25) is 0 Å². The fraction of sp³-hybridized carbons (Fsp3) is 0.867. The topological polar surface area (TPSA) is 49.9 Å². The summed E-state index contributed by atoms with van der Waals surface area (Å²) in [5.74, 6) is -0.0998. The minimum absolute atomic E-state index is 0.120. The van der Waals surface area contributed by atoms with Gasteiger partial charge in [0.1, 0.15) is 0 Å². The molecule has 0 N–H and O–H groups in total. The van der Waals surface area contributed by atoms with E-state index < -0.39 is 0 Å². The van der Waals surface area contributed by atoms with E-state index in [4.69, 9.17) is 4.74 Å². The SMILES string of the molecule is COC(=O)C(C)CN(CCCN(C)C)C(=O)CC(C)C. The van der Waals surface area contributed by atoms with Crippen LogP contribution in [0.3, 0.4) is 0 Å². The minimum atomic E-state index is -0.282. The molecule has 0 aliphatic carbocycles. The molecule has 0 rings (SSSR count). The van der Waals surface area contributed by atoms with Crippen LogP contribution in [-0.4, -0.2) is 62.5 Å². The van der Waals surface area contributed by atoms with Crippen molar-refractivity contribution in [2.24, 2.45) is 11.8 Å². The van der Waals surface area contributed by atoms with Gasteiger partial charge in [0.25, 0.3) is 0 Å². The van der Waals surface area contributed by atoms with Gasteiger partial charge < -0.3 is 14.5 Å². The Kier molecular flexibility index (Phi) is 9.21. The lowest BCUT2D eigenvalue weighted by molar-refractivity contribution is -0.146. The van der Waals surface area contributed by atoms with Crippen LogP contribution in [0.25, 0.3) is 0 Å². The molecule has 0 aliphatic rings. The average molecular weight is 286 g/mol. The lowest BCUT2D eigenvalue weighted by Gasteiger charge is -2.26. The molecule has 0 bridgehead atoms. The molecule has 1 atom stereocenters. The highest BCUT2D eigenvalue weighted by molar-refractivity contribution is 5.78. The molecule has 1 amide bonds. The number of methoxy groups -OCH3 is 1. The maximum absolute atomic E-state index is 12.2. The molecule has 0 aromatic carbocycles. The van der Waals surface area contributed by atoms with Crippen molar-refractivity contribution in [1.29, 1.82) is 0 Å². The molecular weight excluding hydrogens is 256 g/mol. The first-order valence-electron chi connectivity index (χ1n) is 7.28. The molecule has 0 spiro atoms. The summed E-state index contributed by atoms with van der Waals surface area (Å²) in [4.78, 5) is 27.6. The third-order valence-electron chi connectivity index (χ3n) is 3.07. The van der Waals surface area contributed by atoms with E-state index in [0.29, 0.717) is 25.4 Å². The summed E-state index contributed by atoms with van der Waals surface area (Å²) >= 11 is 0. The number of nitrogens with zero attached hydrogens (tertiary/aromatic N) is 2. The summed E-state index contributed by atoms with van der Waals surface area (Å²) in [7, 11) is 5.40. The predicted molar refractivity (Wildman–Crippen MR) is 80.4 cm³/mol. The molecule has 0 fully saturated rings. The van der Waals surface area contributed by atoms with E-state index in [1.807, 2.05) is 27.9 Å². The first-order valence-corrected chi connectivity index (χ1v) is 7.28. The number of rotatable bonds is 9. The Bertz CT molecular complexity index is 303. The van der Waals surface area contributed by atoms with E-state index in [1.54, 1.807) is 11.8 Å². The van der Waals surface area contributed by atoms with Crippen molar-refractivity contribution in [3.05, 3.63) is 0 Å². The van der Waals surface area contributed by atoms with Gasteiger partial charge in [0.2, 0.25) is 5.91 Å². The van der Waals surface area contributed by atoms with Crippen molar-refractivity contribution in [2.75, 3.05) is 40.8 Å². The third kappa shape index (κ3) is 8.15. The van der Waals surface area contributed by atoms with Crippen molar-refractivity contribution < 1.29 is 14.3 Å². The minimum Gasteiger partial charge on any atom is -0.469 e. The molecule has 20 heavy (non-hydrogen) atoms. The zero-order valence-electron chi connectivity index (χ0n) is 13.8. The number of hydrogen-bond donors (Lipinski definition) is 0. The van der Waals surface area contributed by atoms with E-state index in [-0.39, 0.29) is 17.8 Å². The first kappa shape index (κ1) is 18.9. The van der Waals surface area contributed by atoms with E-state index in [9.17, 15) is 9.59 Å². The average Bonchev–Trinajstić information content (AvgIpc) is 2.34. The van der Waals surface area contributed by atoms with Gasteiger partial charge in [0.15, 0.2) is 0 Å². The smallest absolute Gasteiger partial charge is 0.310 e. The molecule has 0 aliphatic heterocycles. The number of amides is 1. The van der Waals surface area contributed by atoms with Gasteiger partial charge in [-0.05, 0) is 33.0 Å². The predicted octanol–water partition coefficient (Wildman–Crippen LogP) is 1.62. The zero-order valence-corrected chi connectivity index (χ0v) is 13.8. The molecule has 0 saturated carbocycles. The molecule has 0 saturated heterocycles. The summed E-state index contributed by atoms with van der Waals surface area (Å²) in [6.07, 6.45) is 1.43. The monoisotopic (exact) mass is 286 g/mol. The Morgan fingerprint density at radius 1 is 1.10 bits per heavy atom. The van der Waals surface area contributed by atoms with Crippen LogP contribution in [0.5, 0.6) is 0 Å². The van der Waals surface area contributed by atoms with E-state index in [2.05, 4.69) is 4.90 Å². The summed E-state index contributed by atoms with van der Waals surface area (Å²) in [6.45, 7) is 7.90. The second kappa shape index (κ2) is 9.75. The Hall–Kier alpha value is -1.10. The second-order valence-corrected chi connectivity index (χ2v) is 6.02. The van der Waals surface area contributed by atoms with Crippen molar-refractivity contribution in [3.63, 3.8) is 0 Å². The Labute approximate surface area is 123 Å². The van der Waals surface area contributed by atoms with Gasteiger partial charge in [0, 0.05) is 19.5 Å². The van der Waals surface area contributed by atoms with Crippen molar-refractivity contribution in [3.8, 4) is 0 Å². The van der Waals surface area contributed by atoms with Crippen LogP contribution < -0.4 is 0 Å². The molecule has 5 nitrogen and oxygen atoms in total. The lowest BCUT2D eigenvalue weighted by atomic mass is 10.1. The fourth-order valence-corrected chi connectivity index (χ4v) is 1.98. The summed E-state index contributed by atoms with van der Waals surface area (Å²) in [5, 5.41) is 0. The molecule has 0 aromatic rings. The van der Waals surface area contributed by atoms with Gasteiger partial charge in [0.05, 0.1) is 13.0 Å². The summed E-state index contributed by atoms with van der Waals surface area (Å²) in [5.41, 5.74) is 0. The standard InChI is InChI=1S/C15H30N2O3/c1-12(2)10-14(18)17(9-7-8-16(4)5)11-13(3)15(19)20-6/h12-13H,7-11H2,1-6H3. The first-order chi connectivity index (χ1) is 9.27. The van der Waals surface area contributed by atoms with Crippen LogP contribution >= 0.6 is 0 Å². The molecule has 0 radical (unpaired) electrons. The highest BCUT2D eigenvalue weighted by Crippen LogP contribution is 2.09. The number of hydrogen-bond acceptors (Lipinski definition) is 4. The fourth-order valence-electron chi connectivity index (χ4n) is 1.98. The van der Waals surface area contributed by atoms with E-state index >= 15 is 0 Å². The van der Waals surface area contributed by atoms with Gasteiger partial charge in [-0.25, -0.2) is 0 Å². The van der Waals surface area contributed by atoms with Crippen molar-refractivity contribution >= 4 is 11.9 Å². The Morgan fingerprint density at radius 3 is 2.15 bits per heavy atom. The molecular formula is C15H30N2O3. The molecule has 0 aromatic heterocycles. The largest absolute Gasteiger partial charge is 0.469 e. The number of esters is 1. The lowest BCUT2D eigenvalue weighted by Crippen LogP contribution is -2.39. The Morgan fingerprint density at radius 2 is 1.70 bits per heavy atom. The Balaban J connectivity index is 4.52. The quantitative estimate of drug-likeness (QED) is 0.604. The van der Waals surface area contributed by atoms with Gasteiger partial charge in [-0.15, -0.1) is 0 Å². The number of carbonyl (C=O) groups is 2. The highest BCUT2D eigenvalue weighted by atomic mass is 16.5. The summed E-state index contributed by atoms with van der Waals surface area (Å²) < 4.78 is 4.73. The van der Waals surface area contributed by atoms with E-state index in [0.717, 1.165) is 13.0 Å². The van der Waals surface area contributed by atoms with Gasteiger partial charge in [-0.2, -0.15) is 0 Å². The number of carbonyl (C=O) groups excluding carboxylic acids is 2. The molecule has 0 heterocycles. The molecule has 118 valence electrons. The van der Waals surface area contributed by atoms with Crippen molar-refractivity contribution in [1.82, 2.24) is 9.80 Å². The highest BCUT2D eigenvalue weighted by Gasteiger charge is 2.21. The van der Waals surface area contributed by atoms with Crippen LogP contribution in [-0.2, 0) is 14.3 Å². The zero-order chi connectivity index (χ0) is 15.7. The maximum atomic E-state index is 12.2. The number of ether oxygens (including phenoxy) is 1. The van der Waals surface area contributed by atoms with E-state index in [1.165, 1.54) is 7.11 Å². The van der Waals surface area contributed by atoms with Crippen LogP contribution in [0.4, 0.5) is 0 Å². The van der Waals surface area contributed by atoms with Crippen LogP contribution in [0.15, 0.2) is 0 Å². The van der Waals surface area contributed by atoms with Crippen molar-refractivity contribution in [2.45, 2.75) is 33.6 Å². The molecule has 5 heteroatoms. The maximum Gasteiger partial charge on any atom is 0.310 e.